The molecule has 0 fully saturated rings. The molecule has 21 heavy (non-hydrogen) atoms. The van der Waals surface area contributed by atoms with Gasteiger partial charge in [0.15, 0.2) is 0 Å². The van der Waals surface area contributed by atoms with Crippen LogP contribution in [0.2, 0.25) is 0 Å². The monoisotopic (exact) mass is 304 g/mol. The van der Waals surface area contributed by atoms with E-state index in [9.17, 15) is 9.18 Å². The molecule has 1 heterocycles. The van der Waals surface area contributed by atoms with Gasteiger partial charge in [0.05, 0.1) is 10.8 Å². The Labute approximate surface area is 128 Å². The van der Waals surface area contributed by atoms with Crippen LogP contribution in [0.5, 0.6) is 0 Å². The Kier molecular flexibility index (Phi) is 5.75. The lowest BCUT2D eigenvalue weighted by atomic mass is 10.2. The largest absolute Gasteiger partial charge is 0.338 e. The molecule has 2 aromatic rings. The lowest BCUT2D eigenvalue weighted by Crippen LogP contribution is -2.31. The molecule has 0 atom stereocenters. The van der Waals surface area contributed by atoms with Gasteiger partial charge in [0.1, 0.15) is 5.82 Å². The number of aromatic nitrogens is 1. The fourth-order valence-electron chi connectivity index (χ4n) is 1.89. The summed E-state index contributed by atoms with van der Waals surface area (Å²) in [7, 11) is 0. The zero-order chi connectivity index (χ0) is 15.1. The first-order chi connectivity index (χ1) is 10.2. The number of amides is 1. The zero-order valence-electron chi connectivity index (χ0n) is 11.8. The Morgan fingerprint density at radius 1 is 1.29 bits per heavy atom. The van der Waals surface area contributed by atoms with Crippen molar-refractivity contribution in [3.05, 3.63) is 60.0 Å². The quantitative estimate of drug-likeness (QED) is 0.767. The summed E-state index contributed by atoms with van der Waals surface area (Å²) < 4.78 is 13.2. The van der Waals surface area contributed by atoms with Gasteiger partial charge in [-0.3, -0.25) is 4.79 Å². The Hall–Kier alpha value is -1.88. The van der Waals surface area contributed by atoms with Crippen LogP contribution in [0, 0.1) is 5.82 Å². The lowest BCUT2D eigenvalue weighted by molar-refractivity contribution is -0.128. The van der Waals surface area contributed by atoms with Crippen molar-refractivity contribution in [3.63, 3.8) is 0 Å². The maximum atomic E-state index is 13.2. The summed E-state index contributed by atoms with van der Waals surface area (Å²) in [6.07, 6.45) is 1.71. The number of benzene rings is 1. The summed E-state index contributed by atoms with van der Waals surface area (Å²) in [5.74, 6) is 0.0801. The first kappa shape index (κ1) is 15.5. The molecule has 0 bridgehead atoms. The number of carbonyl (C=O) groups is 1. The summed E-state index contributed by atoms with van der Waals surface area (Å²) in [6.45, 7) is 2.94. The minimum Gasteiger partial charge on any atom is -0.338 e. The molecule has 0 N–H and O–H groups in total. The van der Waals surface area contributed by atoms with Crippen LogP contribution in [0.25, 0.3) is 0 Å². The minimum absolute atomic E-state index is 0.0254. The van der Waals surface area contributed by atoms with Crippen LogP contribution in [-0.2, 0) is 11.3 Å². The van der Waals surface area contributed by atoms with E-state index in [-0.39, 0.29) is 11.7 Å². The van der Waals surface area contributed by atoms with E-state index < -0.39 is 0 Å². The second-order valence-electron chi connectivity index (χ2n) is 4.49. The van der Waals surface area contributed by atoms with E-state index in [1.165, 1.54) is 23.9 Å². The standard InChI is InChI=1S/C16H17FN2OS/c1-2-19(11-13-6-5-7-14(17)10-13)16(20)12-21-15-8-3-4-9-18-15/h3-10H,2,11-12H2,1H3. The smallest absolute Gasteiger partial charge is 0.233 e. The highest BCUT2D eigenvalue weighted by molar-refractivity contribution is 7.99. The van der Waals surface area contributed by atoms with Crippen molar-refractivity contribution >= 4 is 17.7 Å². The fourth-order valence-corrected chi connectivity index (χ4v) is 2.66. The van der Waals surface area contributed by atoms with E-state index >= 15 is 0 Å². The van der Waals surface area contributed by atoms with Crippen molar-refractivity contribution in [1.29, 1.82) is 0 Å². The molecule has 0 unspecified atom stereocenters. The number of halogens is 1. The maximum Gasteiger partial charge on any atom is 0.233 e. The van der Waals surface area contributed by atoms with Crippen LogP contribution in [0.15, 0.2) is 53.7 Å². The Balaban J connectivity index is 1.92. The van der Waals surface area contributed by atoms with Crippen molar-refractivity contribution in [2.24, 2.45) is 0 Å². The number of hydrogen-bond donors (Lipinski definition) is 0. The molecule has 1 aromatic carbocycles. The third-order valence-corrected chi connectivity index (χ3v) is 3.91. The fraction of sp³-hybridized carbons (Fsp3) is 0.250. The van der Waals surface area contributed by atoms with Gasteiger partial charge in [-0.25, -0.2) is 9.37 Å². The van der Waals surface area contributed by atoms with Crippen LogP contribution in [-0.4, -0.2) is 28.1 Å². The number of nitrogens with zero attached hydrogens (tertiary/aromatic N) is 2. The van der Waals surface area contributed by atoms with Gasteiger partial charge in [-0.05, 0) is 36.8 Å². The first-order valence-corrected chi connectivity index (χ1v) is 7.73. The number of rotatable bonds is 6. The molecule has 0 aliphatic carbocycles. The normalized spacial score (nSPS) is 10.4. The molecule has 2 rings (SSSR count). The Bertz CT molecular complexity index is 592. The molecule has 0 saturated carbocycles. The van der Waals surface area contributed by atoms with Crippen molar-refractivity contribution < 1.29 is 9.18 Å². The van der Waals surface area contributed by atoms with Crippen LogP contribution in [0.3, 0.4) is 0 Å². The van der Waals surface area contributed by atoms with Crippen LogP contribution in [0.4, 0.5) is 4.39 Å². The second kappa shape index (κ2) is 7.78. The Morgan fingerprint density at radius 3 is 2.81 bits per heavy atom. The molecular formula is C16H17FN2OS. The van der Waals surface area contributed by atoms with Gasteiger partial charge in [0.25, 0.3) is 0 Å². The molecule has 0 radical (unpaired) electrons. The average Bonchev–Trinajstić information content (AvgIpc) is 2.51. The summed E-state index contributed by atoms with van der Waals surface area (Å²) in [5, 5.41) is 0.827. The zero-order valence-corrected chi connectivity index (χ0v) is 12.6. The number of hydrogen-bond acceptors (Lipinski definition) is 3. The van der Waals surface area contributed by atoms with E-state index in [0.717, 1.165) is 10.6 Å². The first-order valence-electron chi connectivity index (χ1n) is 6.75. The van der Waals surface area contributed by atoms with Crippen molar-refractivity contribution in [2.45, 2.75) is 18.5 Å². The number of thioether (sulfide) groups is 1. The molecule has 1 aromatic heterocycles. The predicted molar refractivity (Wildman–Crippen MR) is 82.5 cm³/mol. The van der Waals surface area contributed by atoms with Gasteiger partial charge < -0.3 is 4.90 Å². The van der Waals surface area contributed by atoms with E-state index in [0.29, 0.717) is 18.8 Å². The van der Waals surface area contributed by atoms with E-state index in [2.05, 4.69) is 4.98 Å². The third kappa shape index (κ3) is 4.86. The SMILES string of the molecule is CCN(Cc1cccc(F)c1)C(=O)CSc1ccccn1. The topological polar surface area (TPSA) is 33.2 Å². The highest BCUT2D eigenvalue weighted by Crippen LogP contribution is 2.15. The van der Waals surface area contributed by atoms with E-state index in [1.54, 1.807) is 17.2 Å². The highest BCUT2D eigenvalue weighted by atomic mass is 32.2. The van der Waals surface area contributed by atoms with Gasteiger partial charge in [0, 0.05) is 19.3 Å². The van der Waals surface area contributed by atoms with Crippen LogP contribution < -0.4 is 0 Å². The van der Waals surface area contributed by atoms with Crippen LogP contribution in [0.1, 0.15) is 12.5 Å². The van der Waals surface area contributed by atoms with Crippen molar-refractivity contribution in [2.75, 3.05) is 12.3 Å². The molecule has 1 amide bonds. The number of pyridine rings is 1. The third-order valence-electron chi connectivity index (χ3n) is 2.98. The summed E-state index contributed by atoms with van der Waals surface area (Å²) in [5.41, 5.74) is 0.799. The summed E-state index contributed by atoms with van der Waals surface area (Å²) >= 11 is 1.41. The highest BCUT2D eigenvalue weighted by Gasteiger charge is 2.13. The lowest BCUT2D eigenvalue weighted by Gasteiger charge is -2.20. The van der Waals surface area contributed by atoms with Gasteiger partial charge in [0.2, 0.25) is 5.91 Å². The Morgan fingerprint density at radius 2 is 2.14 bits per heavy atom. The molecular weight excluding hydrogens is 287 g/mol. The molecule has 0 spiro atoms. The van der Waals surface area contributed by atoms with Crippen LogP contribution >= 0.6 is 11.8 Å². The molecule has 5 heteroatoms. The van der Waals surface area contributed by atoms with E-state index in [4.69, 9.17) is 0 Å². The summed E-state index contributed by atoms with van der Waals surface area (Å²) in [6, 6.07) is 12.0. The van der Waals surface area contributed by atoms with Crippen molar-refractivity contribution in [1.82, 2.24) is 9.88 Å². The van der Waals surface area contributed by atoms with Gasteiger partial charge in [-0.15, -0.1) is 0 Å². The van der Waals surface area contributed by atoms with Gasteiger partial charge in [-0.1, -0.05) is 30.0 Å². The van der Waals surface area contributed by atoms with Gasteiger partial charge >= 0.3 is 0 Å². The summed E-state index contributed by atoms with van der Waals surface area (Å²) in [4.78, 5) is 18.1. The molecule has 0 aliphatic rings. The molecule has 110 valence electrons. The average molecular weight is 304 g/mol. The number of carbonyl (C=O) groups excluding carboxylic acids is 1. The second-order valence-corrected chi connectivity index (χ2v) is 5.49. The van der Waals surface area contributed by atoms with Crippen molar-refractivity contribution in [3.8, 4) is 0 Å². The molecule has 0 saturated heterocycles. The predicted octanol–water partition coefficient (Wildman–Crippen LogP) is 3.36. The minimum atomic E-state index is -0.279. The van der Waals surface area contributed by atoms with E-state index in [1.807, 2.05) is 31.2 Å². The molecule has 0 aliphatic heterocycles. The molecule has 3 nitrogen and oxygen atoms in total. The maximum absolute atomic E-state index is 13.2. The van der Waals surface area contributed by atoms with Gasteiger partial charge in [-0.2, -0.15) is 0 Å².